The van der Waals surface area contributed by atoms with Crippen LogP contribution >= 0.6 is 0 Å². The van der Waals surface area contributed by atoms with Crippen LogP contribution in [0, 0.1) is 17.8 Å². The van der Waals surface area contributed by atoms with Gasteiger partial charge in [-0.05, 0) is 24.3 Å². The Morgan fingerprint density at radius 3 is 2.27 bits per heavy atom. The molecule has 1 aliphatic rings. The lowest BCUT2D eigenvalue weighted by molar-refractivity contribution is 0.311. The van der Waals surface area contributed by atoms with Crippen molar-refractivity contribution in [2.75, 3.05) is 19.6 Å². The predicted molar refractivity (Wildman–Crippen MR) is 49.6 cm³/mol. The summed E-state index contributed by atoms with van der Waals surface area (Å²) in [6.07, 6.45) is 0. The first-order valence-corrected chi connectivity index (χ1v) is 4.87. The van der Waals surface area contributed by atoms with Gasteiger partial charge in [-0.1, -0.05) is 27.7 Å². The first kappa shape index (κ1) is 9.05. The van der Waals surface area contributed by atoms with Crippen LogP contribution in [0.25, 0.3) is 0 Å². The second-order valence-electron chi connectivity index (χ2n) is 4.24. The second-order valence-corrected chi connectivity index (χ2v) is 4.24. The predicted octanol–water partition coefficient (Wildman–Crippen LogP) is 2.23. The van der Waals surface area contributed by atoms with Crippen molar-refractivity contribution >= 4 is 0 Å². The molecule has 1 heteroatoms. The normalized spacial score (nSPS) is 33.5. The molecule has 0 aromatic heterocycles. The Hall–Kier alpha value is -0.0400. The van der Waals surface area contributed by atoms with E-state index in [1.807, 2.05) is 0 Å². The van der Waals surface area contributed by atoms with Gasteiger partial charge in [-0.2, -0.15) is 0 Å². The SMILES string of the molecule is CCN1CC(C)C(C(C)C)C1. The highest BCUT2D eigenvalue weighted by molar-refractivity contribution is 4.82. The third-order valence-electron chi connectivity index (χ3n) is 3.05. The lowest BCUT2D eigenvalue weighted by atomic mass is 9.88. The molecule has 0 saturated carbocycles. The number of hydrogen-bond donors (Lipinski definition) is 0. The average molecular weight is 155 g/mol. The van der Waals surface area contributed by atoms with Crippen molar-refractivity contribution in [3.63, 3.8) is 0 Å². The summed E-state index contributed by atoms with van der Waals surface area (Å²) in [5.74, 6) is 2.71. The van der Waals surface area contributed by atoms with Crippen molar-refractivity contribution in [2.24, 2.45) is 17.8 Å². The quantitative estimate of drug-likeness (QED) is 0.591. The fourth-order valence-corrected chi connectivity index (χ4v) is 2.22. The number of hydrogen-bond acceptors (Lipinski definition) is 1. The lowest BCUT2D eigenvalue weighted by Gasteiger charge is -2.18. The Labute approximate surface area is 70.8 Å². The van der Waals surface area contributed by atoms with Crippen LogP contribution < -0.4 is 0 Å². The number of likely N-dealkylation sites (tertiary alicyclic amines) is 1. The maximum atomic E-state index is 2.56. The summed E-state index contributed by atoms with van der Waals surface area (Å²) in [5, 5.41) is 0. The molecule has 0 spiro atoms. The minimum Gasteiger partial charge on any atom is -0.303 e. The van der Waals surface area contributed by atoms with Crippen LogP contribution in [0.15, 0.2) is 0 Å². The Balaban J connectivity index is 2.45. The average Bonchev–Trinajstić information content (AvgIpc) is 2.30. The molecule has 0 bridgehead atoms. The van der Waals surface area contributed by atoms with Gasteiger partial charge in [-0.15, -0.1) is 0 Å². The Kier molecular flexibility index (Phi) is 2.94. The molecule has 2 atom stereocenters. The molecule has 0 radical (unpaired) electrons. The molecule has 66 valence electrons. The molecule has 1 saturated heterocycles. The third-order valence-corrected chi connectivity index (χ3v) is 3.05. The second kappa shape index (κ2) is 3.57. The van der Waals surface area contributed by atoms with E-state index in [4.69, 9.17) is 0 Å². The van der Waals surface area contributed by atoms with Crippen molar-refractivity contribution in [3.05, 3.63) is 0 Å². The van der Waals surface area contributed by atoms with Gasteiger partial charge in [0.1, 0.15) is 0 Å². The summed E-state index contributed by atoms with van der Waals surface area (Å²) >= 11 is 0. The summed E-state index contributed by atoms with van der Waals surface area (Å²) < 4.78 is 0. The van der Waals surface area contributed by atoms with Gasteiger partial charge in [-0.25, -0.2) is 0 Å². The standard InChI is InChI=1S/C10H21N/c1-5-11-6-9(4)10(7-11)8(2)3/h8-10H,5-7H2,1-4H3. The molecule has 0 N–H and O–H groups in total. The summed E-state index contributed by atoms with van der Waals surface area (Å²) in [4.78, 5) is 2.56. The molecule has 0 aromatic rings. The van der Waals surface area contributed by atoms with Crippen LogP contribution in [-0.2, 0) is 0 Å². The summed E-state index contributed by atoms with van der Waals surface area (Å²) in [6.45, 7) is 13.2. The highest BCUT2D eigenvalue weighted by Gasteiger charge is 2.30. The zero-order valence-corrected chi connectivity index (χ0v) is 8.30. The van der Waals surface area contributed by atoms with Crippen molar-refractivity contribution in [1.82, 2.24) is 4.90 Å². The topological polar surface area (TPSA) is 3.24 Å². The highest BCUT2D eigenvalue weighted by Crippen LogP contribution is 2.28. The van der Waals surface area contributed by atoms with Crippen molar-refractivity contribution < 1.29 is 0 Å². The number of nitrogens with zero attached hydrogens (tertiary/aromatic N) is 1. The van der Waals surface area contributed by atoms with E-state index in [9.17, 15) is 0 Å². The molecule has 1 aliphatic heterocycles. The molecule has 11 heavy (non-hydrogen) atoms. The first-order valence-electron chi connectivity index (χ1n) is 4.87. The highest BCUT2D eigenvalue weighted by atomic mass is 15.1. The molecular weight excluding hydrogens is 134 g/mol. The molecule has 1 nitrogen and oxygen atoms in total. The molecule has 1 rings (SSSR count). The van der Waals surface area contributed by atoms with Gasteiger partial charge in [0.15, 0.2) is 0 Å². The molecular formula is C10H21N. The van der Waals surface area contributed by atoms with Crippen molar-refractivity contribution in [1.29, 1.82) is 0 Å². The van der Waals surface area contributed by atoms with Gasteiger partial charge >= 0.3 is 0 Å². The van der Waals surface area contributed by atoms with Crippen LogP contribution in [-0.4, -0.2) is 24.5 Å². The minimum absolute atomic E-state index is 0.863. The summed E-state index contributed by atoms with van der Waals surface area (Å²) in [7, 11) is 0. The smallest absolute Gasteiger partial charge is 0.00151 e. The monoisotopic (exact) mass is 155 g/mol. The van der Waals surface area contributed by atoms with Crippen LogP contribution in [0.3, 0.4) is 0 Å². The van der Waals surface area contributed by atoms with Gasteiger partial charge in [0.25, 0.3) is 0 Å². The van der Waals surface area contributed by atoms with Crippen molar-refractivity contribution in [2.45, 2.75) is 27.7 Å². The molecule has 0 amide bonds. The van der Waals surface area contributed by atoms with E-state index in [0.717, 1.165) is 17.8 Å². The van der Waals surface area contributed by atoms with Crippen LogP contribution in [0.2, 0.25) is 0 Å². The van der Waals surface area contributed by atoms with Gasteiger partial charge in [-0.3, -0.25) is 0 Å². The van der Waals surface area contributed by atoms with E-state index < -0.39 is 0 Å². The van der Waals surface area contributed by atoms with Crippen LogP contribution in [0.5, 0.6) is 0 Å². The summed E-state index contributed by atoms with van der Waals surface area (Å²) in [6, 6.07) is 0. The molecule has 0 aromatic carbocycles. The zero-order valence-electron chi connectivity index (χ0n) is 8.30. The van der Waals surface area contributed by atoms with Crippen LogP contribution in [0.4, 0.5) is 0 Å². The Morgan fingerprint density at radius 1 is 1.36 bits per heavy atom. The van der Waals surface area contributed by atoms with Crippen molar-refractivity contribution in [3.8, 4) is 0 Å². The third kappa shape index (κ3) is 1.96. The van der Waals surface area contributed by atoms with E-state index in [1.54, 1.807) is 0 Å². The van der Waals surface area contributed by atoms with E-state index in [1.165, 1.54) is 19.6 Å². The molecule has 0 aliphatic carbocycles. The largest absolute Gasteiger partial charge is 0.303 e. The fraction of sp³-hybridized carbons (Fsp3) is 1.00. The zero-order chi connectivity index (χ0) is 8.43. The maximum Gasteiger partial charge on any atom is 0.00151 e. The summed E-state index contributed by atoms with van der Waals surface area (Å²) in [5.41, 5.74) is 0. The number of rotatable bonds is 2. The minimum atomic E-state index is 0.863. The van der Waals surface area contributed by atoms with Crippen LogP contribution in [0.1, 0.15) is 27.7 Å². The molecule has 2 unspecified atom stereocenters. The van der Waals surface area contributed by atoms with E-state index in [-0.39, 0.29) is 0 Å². The Bertz CT molecular complexity index is 120. The maximum absolute atomic E-state index is 2.56. The van der Waals surface area contributed by atoms with E-state index in [0.29, 0.717) is 0 Å². The van der Waals surface area contributed by atoms with Gasteiger partial charge < -0.3 is 4.90 Å². The van der Waals surface area contributed by atoms with Gasteiger partial charge in [0.05, 0.1) is 0 Å². The van der Waals surface area contributed by atoms with E-state index in [2.05, 4.69) is 32.6 Å². The Morgan fingerprint density at radius 2 is 2.00 bits per heavy atom. The van der Waals surface area contributed by atoms with Gasteiger partial charge in [0, 0.05) is 13.1 Å². The van der Waals surface area contributed by atoms with Gasteiger partial charge in [0.2, 0.25) is 0 Å². The first-order chi connectivity index (χ1) is 5.15. The molecule has 1 heterocycles. The fourth-order valence-electron chi connectivity index (χ4n) is 2.22. The lowest BCUT2D eigenvalue weighted by Crippen LogP contribution is -2.21. The van der Waals surface area contributed by atoms with E-state index >= 15 is 0 Å². The molecule has 1 fully saturated rings.